The minimum atomic E-state index is -3.16. The summed E-state index contributed by atoms with van der Waals surface area (Å²) in [6.07, 6.45) is 7.97. The fourth-order valence-electron chi connectivity index (χ4n) is 4.45. The lowest BCUT2D eigenvalue weighted by atomic mass is 9.88. The van der Waals surface area contributed by atoms with Crippen molar-refractivity contribution in [3.63, 3.8) is 0 Å². The van der Waals surface area contributed by atoms with Gasteiger partial charge < -0.3 is 9.80 Å². The van der Waals surface area contributed by atoms with Crippen molar-refractivity contribution < 1.29 is 18.0 Å². The van der Waals surface area contributed by atoms with Gasteiger partial charge in [-0.15, -0.1) is 0 Å². The topological polar surface area (TPSA) is 78.0 Å². The van der Waals surface area contributed by atoms with Crippen LogP contribution >= 0.6 is 0 Å². The van der Waals surface area contributed by atoms with Gasteiger partial charge in [0.25, 0.3) is 0 Å². The molecule has 0 N–H and O–H groups in total. The summed E-state index contributed by atoms with van der Waals surface area (Å²) in [7, 11) is -3.16. The fourth-order valence-corrected chi connectivity index (χ4v) is 5.32. The second kappa shape index (κ2) is 8.25. The van der Waals surface area contributed by atoms with Crippen molar-refractivity contribution in [2.75, 3.05) is 45.5 Å². The predicted molar refractivity (Wildman–Crippen MR) is 98.9 cm³/mol. The van der Waals surface area contributed by atoms with E-state index in [0.29, 0.717) is 52.1 Å². The van der Waals surface area contributed by atoms with E-state index in [9.17, 15) is 18.0 Å². The number of carbonyl (C=O) groups excluding carboxylic acids is 2. The Hall–Kier alpha value is -1.15. The SMILES string of the molecule is CS(=O)(=O)N1CCC(C(=O)N2CCN(C(=O)C3CCCCC3)CC2)CC1. The second-order valence-electron chi connectivity index (χ2n) is 7.92. The average molecular weight is 386 g/mol. The number of nitrogens with zero attached hydrogens (tertiary/aromatic N) is 3. The van der Waals surface area contributed by atoms with E-state index in [2.05, 4.69) is 0 Å². The van der Waals surface area contributed by atoms with Crippen molar-refractivity contribution in [3.05, 3.63) is 0 Å². The first-order valence-corrected chi connectivity index (χ1v) is 11.7. The van der Waals surface area contributed by atoms with Crippen molar-refractivity contribution in [2.45, 2.75) is 44.9 Å². The summed E-state index contributed by atoms with van der Waals surface area (Å²) in [6, 6.07) is 0. The maximum absolute atomic E-state index is 12.7. The highest BCUT2D eigenvalue weighted by Crippen LogP contribution is 2.26. The number of rotatable bonds is 3. The molecule has 3 aliphatic rings. The highest BCUT2D eigenvalue weighted by Gasteiger charge is 2.34. The van der Waals surface area contributed by atoms with Crippen LogP contribution in [0.25, 0.3) is 0 Å². The number of carbonyl (C=O) groups is 2. The van der Waals surface area contributed by atoms with Gasteiger partial charge in [0.05, 0.1) is 6.26 Å². The Bertz CT molecular complexity index is 614. The van der Waals surface area contributed by atoms with E-state index in [1.54, 1.807) is 0 Å². The molecule has 0 aromatic rings. The zero-order chi connectivity index (χ0) is 18.7. The van der Waals surface area contributed by atoms with Crippen LogP contribution in [0, 0.1) is 11.8 Å². The lowest BCUT2D eigenvalue weighted by Crippen LogP contribution is -2.54. The molecule has 1 saturated carbocycles. The van der Waals surface area contributed by atoms with E-state index in [1.165, 1.54) is 17.0 Å². The molecule has 26 heavy (non-hydrogen) atoms. The Morgan fingerprint density at radius 1 is 0.692 bits per heavy atom. The normalized spacial score (nSPS) is 24.7. The van der Waals surface area contributed by atoms with Gasteiger partial charge in [0.15, 0.2) is 0 Å². The highest BCUT2D eigenvalue weighted by molar-refractivity contribution is 7.88. The van der Waals surface area contributed by atoms with Crippen molar-refractivity contribution in [1.29, 1.82) is 0 Å². The summed E-state index contributed by atoms with van der Waals surface area (Å²) in [5.41, 5.74) is 0. The van der Waals surface area contributed by atoms with Crippen LogP contribution in [0.3, 0.4) is 0 Å². The molecule has 0 radical (unpaired) electrons. The van der Waals surface area contributed by atoms with Gasteiger partial charge >= 0.3 is 0 Å². The first-order valence-electron chi connectivity index (χ1n) is 9.89. The zero-order valence-corrected chi connectivity index (χ0v) is 16.5. The molecule has 2 heterocycles. The maximum atomic E-state index is 12.7. The second-order valence-corrected chi connectivity index (χ2v) is 9.90. The van der Waals surface area contributed by atoms with Gasteiger partial charge in [0.2, 0.25) is 21.8 Å². The van der Waals surface area contributed by atoms with Gasteiger partial charge in [-0.05, 0) is 25.7 Å². The lowest BCUT2D eigenvalue weighted by molar-refractivity contribution is -0.145. The molecule has 0 aromatic carbocycles. The average Bonchev–Trinajstić information content (AvgIpc) is 2.67. The number of hydrogen-bond donors (Lipinski definition) is 0. The van der Waals surface area contributed by atoms with Crippen LogP contribution in [0.1, 0.15) is 44.9 Å². The molecular weight excluding hydrogens is 354 g/mol. The standard InChI is InChI=1S/C18H31N3O4S/c1-26(24,25)21-9-7-16(8-10-21)18(23)20-13-11-19(12-14-20)17(22)15-5-3-2-4-6-15/h15-16H,2-14H2,1H3. The number of piperidine rings is 1. The van der Waals surface area contributed by atoms with Gasteiger partial charge in [-0.1, -0.05) is 19.3 Å². The molecule has 0 aromatic heterocycles. The van der Waals surface area contributed by atoms with Crippen LogP contribution < -0.4 is 0 Å². The molecule has 2 amide bonds. The largest absolute Gasteiger partial charge is 0.339 e. The summed E-state index contributed by atoms with van der Waals surface area (Å²) in [4.78, 5) is 29.2. The van der Waals surface area contributed by atoms with E-state index in [0.717, 1.165) is 25.7 Å². The molecule has 7 nitrogen and oxygen atoms in total. The molecule has 8 heteroatoms. The molecule has 0 unspecified atom stereocenters. The molecule has 0 atom stereocenters. The van der Waals surface area contributed by atoms with E-state index < -0.39 is 10.0 Å². The van der Waals surface area contributed by atoms with Crippen molar-refractivity contribution in [3.8, 4) is 0 Å². The predicted octanol–water partition coefficient (Wildman–Crippen LogP) is 0.909. The lowest BCUT2D eigenvalue weighted by Gasteiger charge is -2.39. The quantitative estimate of drug-likeness (QED) is 0.723. The first kappa shape index (κ1) is 19.6. The Morgan fingerprint density at radius 2 is 1.12 bits per heavy atom. The van der Waals surface area contributed by atoms with E-state index in [4.69, 9.17) is 0 Å². The van der Waals surface area contributed by atoms with Crippen molar-refractivity contribution in [1.82, 2.24) is 14.1 Å². The zero-order valence-electron chi connectivity index (χ0n) is 15.7. The molecule has 3 fully saturated rings. The number of piperazine rings is 1. The third kappa shape index (κ3) is 4.57. The smallest absolute Gasteiger partial charge is 0.225 e. The van der Waals surface area contributed by atoms with Crippen LogP contribution in [-0.2, 0) is 19.6 Å². The third-order valence-electron chi connectivity index (χ3n) is 6.13. The van der Waals surface area contributed by atoms with Crippen LogP contribution in [0.2, 0.25) is 0 Å². The Kier molecular flexibility index (Phi) is 6.22. The molecule has 0 bridgehead atoms. The Morgan fingerprint density at radius 3 is 1.54 bits per heavy atom. The van der Waals surface area contributed by atoms with Crippen LogP contribution in [0.5, 0.6) is 0 Å². The minimum absolute atomic E-state index is 0.0893. The molecule has 2 saturated heterocycles. The van der Waals surface area contributed by atoms with Gasteiger partial charge in [-0.3, -0.25) is 9.59 Å². The Balaban J connectivity index is 1.46. The third-order valence-corrected chi connectivity index (χ3v) is 7.43. The van der Waals surface area contributed by atoms with Crippen LogP contribution in [0.4, 0.5) is 0 Å². The minimum Gasteiger partial charge on any atom is -0.339 e. The van der Waals surface area contributed by atoms with Gasteiger partial charge in [-0.2, -0.15) is 0 Å². The van der Waals surface area contributed by atoms with E-state index in [1.807, 2.05) is 9.80 Å². The molecule has 1 aliphatic carbocycles. The van der Waals surface area contributed by atoms with Crippen LogP contribution in [-0.4, -0.2) is 79.9 Å². The number of amides is 2. The summed E-state index contributed by atoms with van der Waals surface area (Å²) in [5, 5.41) is 0. The fraction of sp³-hybridized carbons (Fsp3) is 0.889. The summed E-state index contributed by atoms with van der Waals surface area (Å²) >= 11 is 0. The van der Waals surface area contributed by atoms with Gasteiger partial charge in [0, 0.05) is 51.1 Å². The molecular formula is C18H31N3O4S. The molecule has 148 valence electrons. The summed E-state index contributed by atoms with van der Waals surface area (Å²) < 4.78 is 24.6. The number of hydrogen-bond acceptors (Lipinski definition) is 4. The van der Waals surface area contributed by atoms with Crippen LogP contribution in [0.15, 0.2) is 0 Å². The number of sulfonamides is 1. The van der Waals surface area contributed by atoms with Crippen molar-refractivity contribution >= 4 is 21.8 Å². The van der Waals surface area contributed by atoms with Crippen molar-refractivity contribution in [2.24, 2.45) is 11.8 Å². The highest BCUT2D eigenvalue weighted by atomic mass is 32.2. The molecule has 0 spiro atoms. The summed E-state index contributed by atoms with van der Waals surface area (Å²) in [6.45, 7) is 3.31. The van der Waals surface area contributed by atoms with E-state index in [-0.39, 0.29) is 23.7 Å². The molecule has 2 aliphatic heterocycles. The van der Waals surface area contributed by atoms with Gasteiger partial charge in [-0.25, -0.2) is 12.7 Å². The maximum Gasteiger partial charge on any atom is 0.225 e. The Labute approximate surface area is 156 Å². The van der Waals surface area contributed by atoms with E-state index >= 15 is 0 Å². The van der Waals surface area contributed by atoms with Gasteiger partial charge in [0.1, 0.15) is 0 Å². The first-order chi connectivity index (χ1) is 12.4. The monoisotopic (exact) mass is 385 g/mol. The molecule has 3 rings (SSSR count). The summed E-state index contributed by atoms with van der Waals surface area (Å²) in [5.74, 6) is 0.501.